The predicted octanol–water partition coefficient (Wildman–Crippen LogP) is 5.68. The van der Waals surface area contributed by atoms with Crippen molar-refractivity contribution >= 4 is 17.3 Å². The molecule has 0 bridgehead atoms. The molecule has 0 aromatic heterocycles. The molecule has 0 radical (unpaired) electrons. The molecule has 0 atom stereocenters. The maximum absolute atomic E-state index is 13.6. The summed E-state index contributed by atoms with van der Waals surface area (Å²) in [7, 11) is 1.59. The molecule has 0 heterocycles. The Balaban J connectivity index is 1.54. The minimum Gasteiger partial charge on any atom is -0.495 e. The maximum atomic E-state index is 13.6. The highest BCUT2D eigenvalue weighted by molar-refractivity contribution is 6.32. The number of anilines is 1. The Morgan fingerprint density at radius 2 is 1.77 bits per heavy atom. The van der Waals surface area contributed by atoms with Crippen LogP contribution < -0.4 is 14.8 Å². The van der Waals surface area contributed by atoms with Crippen molar-refractivity contribution in [3.8, 4) is 11.5 Å². The highest BCUT2D eigenvalue weighted by atomic mass is 35.5. The summed E-state index contributed by atoms with van der Waals surface area (Å²) in [4.78, 5) is 0. The normalized spacial score (nSPS) is 10.4. The van der Waals surface area contributed by atoms with Crippen LogP contribution in [0, 0.1) is 5.82 Å². The van der Waals surface area contributed by atoms with Crippen LogP contribution in [0.3, 0.4) is 0 Å². The number of benzene rings is 3. The summed E-state index contributed by atoms with van der Waals surface area (Å²) in [6, 6.07) is 19.8. The minimum absolute atomic E-state index is 0.203. The summed E-state index contributed by atoms with van der Waals surface area (Å²) in [5.41, 5.74) is 2.54. The first kappa shape index (κ1) is 18.1. The zero-order valence-electron chi connectivity index (χ0n) is 14.3. The van der Waals surface area contributed by atoms with Crippen LogP contribution in [0.15, 0.2) is 66.7 Å². The topological polar surface area (TPSA) is 30.5 Å². The van der Waals surface area contributed by atoms with Crippen LogP contribution in [-0.2, 0) is 13.2 Å². The molecule has 0 unspecified atom stereocenters. The van der Waals surface area contributed by atoms with Gasteiger partial charge in [0, 0.05) is 17.8 Å². The van der Waals surface area contributed by atoms with Crippen molar-refractivity contribution in [2.45, 2.75) is 13.2 Å². The average Bonchev–Trinajstić information content (AvgIpc) is 2.67. The van der Waals surface area contributed by atoms with Crippen LogP contribution in [0.5, 0.6) is 11.5 Å². The molecule has 0 aliphatic heterocycles. The number of rotatable bonds is 7. The second-order valence-electron chi connectivity index (χ2n) is 5.73. The highest BCUT2D eigenvalue weighted by Crippen LogP contribution is 2.27. The van der Waals surface area contributed by atoms with Crippen molar-refractivity contribution in [3.05, 3.63) is 88.7 Å². The number of halogens is 2. The van der Waals surface area contributed by atoms with Gasteiger partial charge >= 0.3 is 0 Å². The van der Waals surface area contributed by atoms with Crippen molar-refractivity contribution in [2.24, 2.45) is 0 Å². The van der Waals surface area contributed by atoms with Crippen LogP contribution in [0.25, 0.3) is 0 Å². The summed E-state index contributed by atoms with van der Waals surface area (Å²) in [6.07, 6.45) is 0. The van der Waals surface area contributed by atoms with E-state index in [0.717, 1.165) is 11.3 Å². The molecule has 3 nitrogen and oxygen atoms in total. The fourth-order valence-corrected chi connectivity index (χ4v) is 2.72. The van der Waals surface area contributed by atoms with Gasteiger partial charge in [-0.05, 0) is 42.0 Å². The molecule has 0 fully saturated rings. The van der Waals surface area contributed by atoms with Gasteiger partial charge in [0.1, 0.15) is 23.9 Å². The van der Waals surface area contributed by atoms with Gasteiger partial charge in [-0.15, -0.1) is 0 Å². The molecule has 26 heavy (non-hydrogen) atoms. The first-order valence-electron chi connectivity index (χ1n) is 8.18. The fraction of sp³-hybridized carbons (Fsp3) is 0.143. The summed E-state index contributed by atoms with van der Waals surface area (Å²) >= 11 is 6.12. The van der Waals surface area contributed by atoms with Crippen molar-refractivity contribution in [2.75, 3.05) is 12.4 Å². The van der Waals surface area contributed by atoms with Gasteiger partial charge in [-0.25, -0.2) is 4.39 Å². The average molecular weight is 372 g/mol. The van der Waals surface area contributed by atoms with Gasteiger partial charge in [0.15, 0.2) is 0 Å². The van der Waals surface area contributed by atoms with Gasteiger partial charge in [0.25, 0.3) is 0 Å². The third kappa shape index (κ3) is 4.67. The van der Waals surface area contributed by atoms with E-state index in [4.69, 9.17) is 21.1 Å². The molecule has 0 aliphatic rings. The Bertz CT molecular complexity index is 868. The van der Waals surface area contributed by atoms with E-state index in [9.17, 15) is 4.39 Å². The maximum Gasteiger partial charge on any atom is 0.137 e. The molecule has 0 aliphatic carbocycles. The van der Waals surface area contributed by atoms with Crippen molar-refractivity contribution < 1.29 is 13.9 Å². The van der Waals surface area contributed by atoms with E-state index in [1.54, 1.807) is 25.3 Å². The second kappa shape index (κ2) is 8.59. The van der Waals surface area contributed by atoms with Crippen LogP contribution >= 0.6 is 11.6 Å². The van der Waals surface area contributed by atoms with E-state index < -0.39 is 0 Å². The lowest BCUT2D eigenvalue weighted by Gasteiger charge is -2.10. The van der Waals surface area contributed by atoms with E-state index in [0.29, 0.717) is 28.6 Å². The molecule has 134 valence electrons. The van der Waals surface area contributed by atoms with Gasteiger partial charge in [-0.2, -0.15) is 0 Å². The van der Waals surface area contributed by atoms with E-state index in [1.165, 1.54) is 6.07 Å². The van der Waals surface area contributed by atoms with Crippen molar-refractivity contribution in [3.63, 3.8) is 0 Å². The Morgan fingerprint density at radius 1 is 1.00 bits per heavy atom. The quantitative estimate of drug-likeness (QED) is 0.579. The Hall–Kier alpha value is -2.72. The highest BCUT2D eigenvalue weighted by Gasteiger charge is 2.03. The fourth-order valence-electron chi connectivity index (χ4n) is 2.46. The number of nitrogens with one attached hydrogen (secondary N) is 1. The predicted molar refractivity (Wildman–Crippen MR) is 103 cm³/mol. The molecule has 0 saturated carbocycles. The third-order valence-electron chi connectivity index (χ3n) is 3.92. The van der Waals surface area contributed by atoms with E-state index >= 15 is 0 Å². The summed E-state index contributed by atoms with van der Waals surface area (Å²) < 4.78 is 24.4. The lowest BCUT2D eigenvalue weighted by molar-refractivity contribution is 0.300. The van der Waals surface area contributed by atoms with E-state index in [1.807, 2.05) is 42.5 Å². The van der Waals surface area contributed by atoms with E-state index in [-0.39, 0.29) is 12.4 Å². The number of ether oxygens (including phenoxy) is 2. The monoisotopic (exact) mass is 371 g/mol. The molecular weight excluding hydrogens is 353 g/mol. The minimum atomic E-state index is -0.258. The molecule has 3 rings (SSSR count). The SMILES string of the molecule is COc1ccc(NCc2ccc(OCc3ccccc3F)cc2)cc1Cl. The van der Waals surface area contributed by atoms with Crippen LogP contribution in [0.2, 0.25) is 5.02 Å². The molecule has 5 heteroatoms. The number of methoxy groups -OCH3 is 1. The number of hydrogen-bond acceptors (Lipinski definition) is 3. The largest absolute Gasteiger partial charge is 0.495 e. The zero-order valence-corrected chi connectivity index (χ0v) is 15.1. The van der Waals surface area contributed by atoms with Crippen molar-refractivity contribution in [1.82, 2.24) is 0 Å². The lowest BCUT2D eigenvalue weighted by atomic mass is 10.2. The number of hydrogen-bond donors (Lipinski definition) is 1. The molecule has 0 amide bonds. The van der Waals surface area contributed by atoms with Gasteiger partial charge in [-0.3, -0.25) is 0 Å². The Morgan fingerprint density at radius 3 is 2.46 bits per heavy atom. The van der Waals surface area contributed by atoms with Crippen LogP contribution in [0.4, 0.5) is 10.1 Å². The van der Waals surface area contributed by atoms with Crippen LogP contribution in [0.1, 0.15) is 11.1 Å². The van der Waals surface area contributed by atoms with Gasteiger partial charge in [0.05, 0.1) is 12.1 Å². The lowest BCUT2D eigenvalue weighted by Crippen LogP contribution is -2.01. The third-order valence-corrected chi connectivity index (χ3v) is 4.22. The molecular formula is C21H19ClFNO2. The molecule has 3 aromatic carbocycles. The Kier molecular flexibility index (Phi) is 5.97. The molecule has 3 aromatic rings. The van der Waals surface area contributed by atoms with E-state index in [2.05, 4.69) is 5.32 Å². The summed E-state index contributed by atoms with van der Waals surface area (Å²) in [6.45, 7) is 0.852. The van der Waals surface area contributed by atoms with Gasteiger partial charge < -0.3 is 14.8 Å². The first-order chi connectivity index (χ1) is 12.7. The standard InChI is InChI=1S/C21H19ClFNO2/c1-25-21-11-8-17(12-19(21)22)24-13-15-6-9-18(10-7-15)26-14-16-4-2-3-5-20(16)23/h2-12,24H,13-14H2,1H3. The first-order valence-corrected chi connectivity index (χ1v) is 8.56. The van der Waals surface area contributed by atoms with Gasteiger partial charge in [0.2, 0.25) is 0 Å². The smallest absolute Gasteiger partial charge is 0.137 e. The molecule has 0 spiro atoms. The van der Waals surface area contributed by atoms with Crippen LogP contribution in [-0.4, -0.2) is 7.11 Å². The Labute approximate surface area is 157 Å². The molecule has 0 saturated heterocycles. The summed E-state index contributed by atoms with van der Waals surface area (Å²) in [5.74, 6) is 1.09. The second-order valence-corrected chi connectivity index (χ2v) is 6.13. The van der Waals surface area contributed by atoms with Crippen molar-refractivity contribution in [1.29, 1.82) is 0 Å². The summed E-state index contributed by atoms with van der Waals surface area (Å²) in [5, 5.41) is 3.87. The molecule has 1 N–H and O–H groups in total. The zero-order chi connectivity index (χ0) is 18.4. The van der Waals surface area contributed by atoms with Gasteiger partial charge in [-0.1, -0.05) is 41.9 Å².